The Bertz CT molecular complexity index is 1410. The van der Waals surface area contributed by atoms with Crippen molar-refractivity contribution in [1.29, 1.82) is 0 Å². The van der Waals surface area contributed by atoms with Crippen LogP contribution in [0.15, 0.2) is 73.1 Å². The van der Waals surface area contributed by atoms with Gasteiger partial charge in [-0.3, -0.25) is 9.69 Å². The van der Waals surface area contributed by atoms with Gasteiger partial charge in [-0.05, 0) is 43.7 Å². The van der Waals surface area contributed by atoms with Crippen molar-refractivity contribution in [2.24, 2.45) is 0 Å². The third kappa shape index (κ3) is 6.39. The maximum atomic E-state index is 11.9. The number of para-hydroxylation sites is 1. The second kappa shape index (κ2) is 12.2. The number of nitrogens with zero attached hydrogens (tertiary/aromatic N) is 3. The number of aromatic nitrogens is 3. The lowest BCUT2D eigenvalue weighted by molar-refractivity contribution is -0.111. The van der Waals surface area contributed by atoms with Gasteiger partial charge in [0.25, 0.3) is 0 Å². The first-order valence-electron chi connectivity index (χ1n) is 12.9. The number of H-pyrrole nitrogens is 1. The number of amides is 1. The van der Waals surface area contributed by atoms with E-state index in [1.807, 2.05) is 43.6 Å². The molecular weight excluding hydrogens is 498 g/mol. The van der Waals surface area contributed by atoms with Gasteiger partial charge in [0.15, 0.2) is 0 Å². The molecule has 0 saturated carbocycles. The molecule has 0 atom stereocenters. The van der Waals surface area contributed by atoms with Crippen LogP contribution in [0.2, 0.25) is 5.02 Å². The van der Waals surface area contributed by atoms with Crippen LogP contribution in [0.4, 0.5) is 11.6 Å². The number of likely N-dealkylation sites (N-methyl/N-ethyl adjacent to an activating group) is 1. The van der Waals surface area contributed by atoms with E-state index in [1.165, 1.54) is 5.56 Å². The lowest BCUT2D eigenvalue weighted by Gasteiger charge is -2.32. The van der Waals surface area contributed by atoms with E-state index in [-0.39, 0.29) is 5.91 Å². The van der Waals surface area contributed by atoms with Crippen LogP contribution in [-0.2, 0) is 11.3 Å². The number of aromatic amines is 1. The fourth-order valence-electron chi connectivity index (χ4n) is 4.73. The fourth-order valence-corrected chi connectivity index (χ4v) is 4.92. The minimum Gasteiger partial charge on any atom is -0.360 e. The lowest BCUT2D eigenvalue weighted by atomic mass is 10.0. The highest BCUT2D eigenvalue weighted by atomic mass is 35.5. The summed E-state index contributed by atoms with van der Waals surface area (Å²) in [5.41, 5.74) is 4.78. The summed E-state index contributed by atoms with van der Waals surface area (Å²) in [6.07, 6.45) is 8.96. The molecule has 0 unspecified atom stereocenters. The Balaban J connectivity index is 1.14. The standard InChI is InChI=1S/C29H32ClN7O/c1-31-14-4-7-27(38)34-21-10-8-20(9-11-21)19-37-15-12-22(13-16-37)35-29-33-18-25(30)28(36-29)24-17-32-26-6-3-2-5-23(24)26/h2-11,17-18,22,31-32H,12-16,19H2,1H3,(H,34,38)(H,33,35,36). The zero-order chi connectivity index (χ0) is 26.3. The Kier molecular flexibility index (Phi) is 8.33. The zero-order valence-corrected chi connectivity index (χ0v) is 22.1. The van der Waals surface area contributed by atoms with Crippen molar-refractivity contribution in [2.75, 3.05) is 37.3 Å². The number of hydrogen-bond acceptors (Lipinski definition) is 6. The van der Waals surface area contributed by atoms with Gasteiger partial charge in [-0.15, -0.1) is 0 Å². The number of carbonyl (C=O) groups is 1. The normalized spacial score (nSPS) is 14.8. The zero-order valence-electron chi connectivity index (χ0n) is 21.4. The monoisotopic (exact) mass is 529 g/mol. The van der Waals surface area contributed by atoms with Crippen molar-refractivity contribution < 1.29 is 4.79 Å². The molecule has 1 amide bonds. The summed E-state index contributed by atoms with van der Waals surface area (Å²) < 4.78 is 0. The molecule has 3 heterocycles. The van der Waals surface area contributed by atoms with E-state index in [1.54, 1.807) is 18.3 Å². The molecule has 1 fully saturated rings. The number of benzene rings is 2. The Hall–Kier alpha value is -3.72. The molecule has 8 nitrogen and oxygen atoms in total. The SMILES string of the molecule is CNCC=CC(=O)Nc1ccc(CN2CCC(Nc3ncc(Cl)c(-c4c[nH]c5ccccc45)n3)CC2)cc1. The van der Waals surface area contributed by atoms with E-state index >= 15 is 0 Å². The molecule has 5 rings (SSSR count). The first-order valence-corrected chi connectivity index (χ1v) is 13.3. The highest BCUT2D eigenvalue weighted by molar-refractivity contribution is 6.33. The summed E-state index contributed by atoms with van der Waals surface area (Å²) in [7, 11) is 1.84. The van der Waals surface area contributed by atoms with Crippen molar-refractivity contribution in [1.82, 2.24) is 25.2 Å². The Labute approximate surface area is 227 Å². The smallest absolute Gasteiger partial charge is 0.248 e. The van der Waals surface area contributed by atoms with Gasteiger partial charge in [-0.2, -0.15) is 0 Å². The maximum Gasteiger partial charge on any atom is 0.248 e. The summed E-state index contributed by atoms with van der Waals surface area (Å²) in [6.45, 7) is 3.51. The predicted molar refractivity (Wildman–Crippen MR) is 154 cm³/mol. The number of anilines is 2. The van der Waals surface area contributed by atoms with E-state index < -0.39 is 0 Å². The molecule has 2 aromatic heterocycles. The highest BCUT2D eigenvalue weighted by Crippen LogP contribution is 2.32. The topological polar surface area (TPSA) is 98.0 Å². The van der Waals surface area contributed by atoms with Gasteiger partial charge in [0.2, 0.25) is 11.9 Å². The Morgan fingerprint density at radius 1 is 1.16 bits per heavy atom. The van der Waals surface area contributed by atoms with Crippen molar-refractivity contribution >= 4 is 40.0 Å². The fraction of sp³-hybridized carbons (Fsp3) is 0.276. The second-order valence-corrected chi connectivity index (χ2v) is 9.89. The Morgan fingerprint density at radius 2 is 1.95 bits per heavy atom. The predicted octanol–water partition coefficient (Wildman–Crippen LogP) is 5.07. The van der Waals surface area contributed by atoms with Gasteiger partial charge in [0, 0.05) is 66.6 Å². The molecule has 1 aliphatic heterocycles. The molecular formula is C29H32ClN7O. The molecule has 9 heteroatoms. The molecule has 4 aromatic rings. The van der Waals surface area contributed by atoms with Crippen LogP contribution in [0.1, 0.15) is 18.4 Å². The number of fused-ring (bicyclic) bond motifs is 1. The van der Waals surface area contributed by atoms with Crippen molar-refractivity contribution in [2.45, 2.75) is 25.4 Å². The van der Waals surface area contributed by atoms with Gasteiger partial charge < -0.3 is 20.9 Å². The number of piperidine rings is 1. The molecule has 1 saturated heterocycles. The van der Waals surface area contributed by atoms with Gasteiger partial charge in [-0.25, -0.2) is 9.97 Å². The molecule has 4 N–H and O–H groups in total. The summed E-state index contributed by atoms with van der Waals surface area (Å²) in [4.78, 5) is 26.9. The van der Waals surface area contributed by atoms with Crippen LogP contribution in [0.25, 0.3) is 22.2 Å². The number of likely N-dealkylation sites (tertiary alicyclic amines) is 1. The van der Waals surface area contributed by atoms with Gasteiger partial charge >= 0.3 is 0 Å². The van der Waals surface area contributed by atoms with Crippen LogP contribution in [-0.4, -0.2) is 58.5 Å². The van der Waals surface area contributed by atoms with Crippen molar-refractivity contribution in [3.8, 4) is 11.3 Å². The summed E-state index contributed by atoms with van der Waals surface area (Å²) in [5, 5.41) is 11.0. The third-order valence-electron chi connectivity index (χ3n) is 6.73. The maximum absolute atomic E-state index is 11.9. The second-order valence-electron chi connectivity index (χ2n) is 9.48. The van der Waals surface area contributed by atoms with Gasteiger partial charge in [-0.1, -0.05) is 48.0 Å². The van der Waals surface area contributed by atoms with E-state index in [2.05, 4.69) is 49.0 Å². The van der Waals surface area contributed by atoms with E-state index in [0.717, 1.165) is 60.3 Å². The summed E-state index contributed by atoms with van der Waals surface area (Å²) in [6, 6.07) is 16.5. The molecule has 196 valence electrons. The number of carbonyl (C=O) groups excluding carboxylic acids is 1. The van der Waals surface area contributed by atoms with Gasteiger partial charge in [0.1, 0.15) is 0 Å². The largest absolute Gasteiger partial charge is 0.360 e. The minimum atomic E-state index is -0.124. The number of nitrogens with one attached hydrogen (secondary N) is 4. The molecule has 2 aromatic carbocycles. The number of hydrogen-bond donors (Lipinski definition) is 4. The molecule has 0 radical (unpaired) electrons. The molecule has 0 spiro atoms. The molecule has 38 heavy (non-hydrogen) atoms. The molecule has 0 aliphatic carbocycles. The molecule has 0 bridgehead atoms. The molecule has 1 aliphatic rings. The number of halogens is 1. The highest BCUT2D eigenvalue weighted by Gasteiger charge is 2.21. The lowest BCUT2D eigenvalue weighted by Crippen LogP contribution is -2.39. The van der Waals surface area contributed by atoms with Crippen LogP contribution >= 0.6 is 11.6 Å². The minimum absolute atomic E-state index is 0.124. The van der Waals surface area contributed by atoms with Gasteiger partial charge in [0.05, 0.1) is 16.9 Å². The number of rotatable bonds is 9. The average molecular weight is 530 g/mol. The first kappa shape index (κ1) is 25.9. The van der Waals surface area contributed by atoms with Crippen molar-refractivity contribution in [3.05, 3.63) is 83.7 Å². The van der Waals surface area contributed by atoms with E-state index in [9.17, 15) is 4.79 Å². The average Bonchev–Trinajstić information content (AvgIpc) is 3.36. The summed E-state index contributed by atoms with van der Waals surface area (Å²) in [5.74, 6) is 0.479. The van der Waals surface area contributed by atoms with Crippen molar-refractivity contribution in [3.63, 3.8) is 0 Å². The third-order valence-corrected chi connectivity index (χ3v) is 7.00. The van der Waals surface area contributed by atoms with Crippen LogP contribution in [0, 0.1) is 0 Å². The quantitative estimate of drug-likeness (QED) is 0.226. The first-order chi connectivity index (χ1) is 18.6. The van der Waals surface area contributed by atoms with E-state index in [4.69, 9.17) is 16.6 Å². The van der Waals surface area contributed by atoms with Crippen LogP contribution in [0.5, 0.6) is 0 Å². The van der Waals surface area contributed by atoms with Crippen LogP contribution in [0.3, 0.4) is 0 Å². The summed E-state index contributed by atoms with van der Waals surface area (Å²) >= 11 is 6.49. The van der Waals surface area contributed by atoms with Crippen LogP contribution < -0.4 is 16.0 Å². The Morgan fingerprint density at radius 3 is 2.74 bits per heavy atom. The van der Waals surface area contributed by atoms with E-state index in [0.29, 0.717) is 23.6 Å².